The highest BCUT2D eigenvalue weighted by atomic mass is 16.6. The van der Waals surface area contributed by atoms with Crippen LogP contribution in [0.25, 0.3) is 10.8 Å². The number of ether oxygens (including phenoxy) is 1. The van der Waals surface area contributed by atoms with Gasteiger partial charge in [0.05, 0.1) is 25.9 Å². The maximum atomic E-state index is 12.8. The van der Waals surface area contributed by atoms with E-state index in [4.69, 9.17) is 4.74 Å². The third kappa shape index (κ3) is 5.10. The minimum absolute atomic E-state index is 0.0848. The highest BCUT2D eigenvalue weighted by Crippen LogP contribution is 2.30. The first kappa shape index (κ1) is 22.9. The number of carbonyl (C=O) groups excluding carboxylic acids is 3. The highest BCUT2D eigenvalue weighted by Gasteiger charge is 2.54. The fourth-order valence-corrected chi connectivity index (χ4v) is 3.54. The lowest BCUT2D eigenvalue weighted by Gasteiger charge is -2.24. The van der Waals surface area contributed by atoms with Crippen LogP contribution >= 0.6 is 0 Å². The van der Waals surface area contributed by atoms with Gasteiger partial charge in [-0.15, -0.1) is 0 Å². The van der Waals surface area contributed by atoms with Gasteiger partial charge in [0.2, 0.25) is 5.91 Å². The second-order valence-corrected chi connectivity index (χ2v) is 8.23. The van der Waals surface area contributed by atoms with E-state index in [1.165, 1.54) is 0 Å². The SMILES string of the molecule is CC(C)CC(NC(=O)[C@H](CO)NC(=O)c1cccc2ccccc12)C(=O)C1(CO)CO1. The van der Waals surface area contributed by atoms with E-state index in [9.17, 15) is 24.6 Å². The zero-order valence-corrected chi connectivity index (χ0v) is 17.6. The van der Waals surface area contributed by atoms with Gasteiger partial charge in [-0.2, -0.15) is 0 Å². The number of rotatable bonds is 10. The van der Waals surface area contributed by atoms with Gasteiger partial charge in [-0.1, -0.05) is 50.2 Å². The first-order valence-corrected chi connectivity index (χ1v) is 10.3. The maximum absolute atomic E-state index is 12.8. The molecule has 0 spiro atoms. The molecule has 0 radical (unpaired) electrons. The van der Waals surface area contributed by atoms with E-state index in [1.807, 2.05) is 38.1 Å². The van der Waals surface area contributed by atoms with Crippen LogP contribution in [0.4, 0.5) is 0 Å². The van der Waals surface area contributed by atoms with E-state index in [2.05, 4.69) is 10.6 Å². The molecule has 1 heterocycles. The number of aliphatic hydroxyl groups excluding tert-OH is 2. The Bertz CT molecular complexity index is 964. The summed E-state index contributed by atoms with van der Waals surface area (Å²) in [6.45, 7) is 2.81. The quantitative estimate of drug-likeness (QED) is 0.414. The largest absolute Gasteiger partial charge is 0.394 e. The Labute approximate surface area is 180 Å². The first-order chi connectivity index (χ1) is 14.8. The monoisotopic (exact) mass is 428 g/mol. The molecule has 2 amide bonds. The van der Waals surface area contributed by atoms with Crippen molar-refractivity contribution in [2.75, 3.05) is 19.8 Å². The molecule has 1 saturated heterocycles. The predicted octanol–water partition coefficient (Wildman–Crippen LogP) is 0.792. The summed E-state index contributed by atoms with van der Waals surface area (Å²) in [5.41, 5.74) is -0.891. The van der Waals surface area contributed by atoms with Crippen molar-refractivity contribution >= 4 is 28.4 Å². The van der Waals surface area contributed by atoms with Gasteiger partial charge in [-0.05, 0) is 29.2 Å². The van der Waals surface area contributed by atoms with Crippen LogP contribution in [0.1, 0.15) is 30.6 Å². The fourth-order valence-electron chi connectivity index (χ4n) is 3.54. The number of ketones is 1. The fraction of sp³-hybridized carbons (Fsp3) is 0.435. The van der Waals surface area contributed by atoms with Crippen molar-refractivity contribution in [2.24, 2.45) is 5.92 Å². The predicted molar refractivity (Wildman–Crippen MR) is 114 cm³/mol. The van der Waals surface area contributed by atoms with E-state index < -0.39 is 48.5 Å². The molecule has 1 aliphatic heterocycles. The second kappa shape index (κ2) is 9.55. The van der Waals surface area contributed by atoms with Crippen LogP contribution in [0, 0.1) is 5.92 Å². The third-order valence-electron chi connectivity index (χ3n) is 5.38. The summed E-state index contributed by atoms with van der Waals surface area (Å²) in [5.74, 6) is -1.50. The van der Waals surface area contributed by atoms with Gasteiger partial charge in [0.1, 0.15) is 6.04 Å². The summed E-state index contributed by atoms with van der Waals surface area (Å²) >= 11 is 0. The number of amides is 2. The van der Waals surface area contributed by atoms with Gasteiger partial charge in [-0.25, -0.2) is 0 Å². The van der Waals surface area contributed by atoms with E-state index in [0.29, 0.717) is 12.0 Å². The van der Waals surface area contributed by atoms with Crippen molar-refractivity contribution in [3.8, 4) is 0 Å². The Kier molecular flexibility index (Phi) is 7.04. The molecule has 3 rings (SSSR count). The van der Waals surface area contributed by atoms with Crippen molar-refractivity contribution in [2.45, 2.75) is 38.0 Å². The highest BCUT2D eigenvalue weighted by molar-refractivity contribution is 6.08. The summed E-state index contributed by atoms with van der Waals surface area (Å²) in [7, 11) is 0. The van der Waals surface area contributed by atoms with Gasteiger partial charge in [-0.3, -0.25) is 14.4 Å². The van der Waals surface area contributed by atoms with Crippen LogP contribution in [-0.2, 0) is 14.3 Å². The number of hydrogen-bond acceptors (Lipinski definition) is 6. The van der Waals surface area contributed by atoms with E-state index in [0.717, 1.165) is 10.8 Å². The lowest BCUT2D eigenvalue weighted by Crippen LogP contribution is -2.55. The average Bonchev–Trinajstić information content (AvgIpc) is 3.56. The van der Waals surface area contributed by atoms with E-state index in [-0.39, 0.29) is 12.5 Å². The molecule has 0 saturated carbocycles. The molecule has 3 atom stereocenters. The van der Waals surface area contributed by atoms with Gasteiger partial charge >= 0.3 is 0 Å². The number of epoxide rings is 1. The number of aliphatic hydroxyl groups is 2. The summed E-state index contributed by atoms with van der Waals surface area (Å²) < 4.78 is 5.13. The van der Waals surface area contributed by atoms with Crippen molar-refractivity contribution in [3.63, 3.8) is 0 Å². The Morgan fingerprint density at radius 2 is 1.71 bits per heavy atom. The molecule has 1 fully saturated rings. The Hall–Kier alpha value is -2.81. The minimum atomic E-state index is -1.27. The number of hydrogen-bond donors (Lipinski definition) is 4. The third-order valence-corrected chi connectivity index (χ3v) is 5.38. The second-order valence-electron chi connectivity index (χ2n) is 8.23. The molecule has 2 aromatic rings. The van der Waals surface area contributed by atoms with Gasteiger partial charge in [0.25, 0.3) is 5.91 Å². The van der Waals surface area contributed by atoms with Crippen LogP contribution in [0.5, 0.6) is 0 Å². The molecule has 2 aromatic carbocycles. The normalized spacial score (nSPS) is 19.6. The number of Topliss-reactive ketones (excluding diaryl/α,β-unsaturated/α-hetero) is 1. The molecule has 0 bridgehead atoms. The van der Waals surface area contributed by atoms with Gasteiger partial charge in [0, 0.05) is 5.56 Å². The molecule has 0 aliphatic carbocycles. The molecule has 31 heavy (non-hydrogen) atoms. The van der Waals surface area contributed by atoms with Crippen molar-refractivity contribution in [1.29, 1.82) is 0 Å². The summed E-state index contributed by atoms with van der Waals surface area (Å²) in [4.78, 5) is 38.4. The zero-order valence-electron chi connectivity index (χ0n) is 17.6. The summed E-state index contributed by atoms with van der Waals surface area (Å²) in [6, 6.07) is 10.5. The molecule has 4 N–H and O–H groups in total. The molecular weight excluding hydrogens is 400 g/mol. The van der Waals surface area contributed by atoms with Crippen LogP contribution in [-0.4, -0.2) is 65.3 Å². The van der Waals surface area contributed by atoms with E-state index in [1.54, 1.807) is 18.2 Å². The number of benzene rings is 2. The lowest BCUT2D eigenvalue weighted by molar-refractivity contribution is -0.133. The molecule has 166 valence electrons. The van der Waals surface area contributed by atoms with Crippen LogP contribution < -0.4 is 10.6 Å². The molecule has 1 aliphatic rings. The average molecular weight is 428 g/mol. The summed E-state index contributed by atoms with van der Waals surface area (Å²) in [6.07, 6.45) is 0.338. The molecule has 8 heteroatoms. The molecule has 2 unspecified atom stereocenters. The van der Waals surface area contributed by atoms with Crippen molar-refractivity contribution in [3.05, 3.63) is 48.0 Å². The first-order valence-electron chi connectivity index (χ1n) is 10.3. The Morgan fingerprint density at radius 3 is 2.32 bits per heavy atom. The number of nitrogens with one attached hydrogen (secondary N) is 2. The Balaban J connectivity index is 1.73. The Morgan fingerprint density at radius 1 is 1.03 bits per heavy atom. The minimum Gasteiger partial charge on any atom is -0.394 e. The van der Waals surface area contributed by atoms with Crippen LogP contribution in [0.15, 0.2) is 42.5 Å². The zero-order chi connectivity index (χ0) is 22.6. The smallest absolute Gasteiger partial charge is 0.252 e. The molecule has 0 aromatic heterocycles. The van der Waals surface area contributed by atoms with Crippen molar-refractivity contribution < 1.29 is 29.3 Å². The topological polar surface area (TPSA) is 128 Å². The molecular formula is C23H28N2O6. The summed E-state index contributed by atoms with van der Waals surface area (Å²) in [5, 5.41) is 26.0. The van der Waals surface area contributed by atoms with Crippen LogP contribution in [0.3, 0.4) is 0 Å². The molecule has 8 nitrogen and oxygen atoms in total. The van der Waals surface area contributed by atoms with Gasteiger partial charge < -0.3 is 25.6 Å². The number of carbonyl (C=O) groups is 3. The standard InChI is InChI=1S/C23H28N2O6/c1-14(2)10-18(20(28)23(12-27)13-31-23)24-22(30)19(11-26)25-21(29)17-9-5-7-15-6-3-4-8-16(15)17/h3-9,14,18-19,26-27H,10-13H2,1-2H3,(H,24,30)(H,25,29)/t18?,19-,23?/m0/s1. The van der Waals surface area contributed by atoms with Crippen LogP contribution in [0.2, 0.25) is 0 Å². The maximum Gasteiger partial charge on any atom is 0.252 e. The van der Waals surface area contributed by atoms with Crippen molar-refractivity contribution in [1.82, 2.24) is 10.6 Å². The number of fused-ring (bicyclic) bond motifs is 1. The lowest BCUT2D eigenvalue weighted by atomic mass is 9.92. The van der Waals surface area contributed by atoms with Gasteiger partial charge in [0.15, 0.2) is 11.4 Å². The van der Waals surface area contributed by atoms with E-state index >= 15 is 0 Å².